The molecule has 0 amide bonds. The highest BCUT2D eigenvalue weighted by Crippen LogP contribution is 2.16. The molecule has 0 fully saturated rings. The van der Waals surface area contributed by atoms with Crippen LogP contribution in [0.4, 0.5) is 11.4 Å². The second-order valence-electron chi connectivity index (χ2n) is 4.98. The standard InChI is InChI=1S/C14H17N8S/c1-11-10-21(3)19-22(11)18-16-13-6-4-12(5-7-13)15-17-14-20(2)8-9-23-14/h4-10,15H,1-3H3/q+1. The van der Waals surface area contributed by atoms with Crippen LogP contribution in [0.15, 0.2) is 57.5 Å². The molecule has 1 aromatic carbocycles. The van der Waals surface area contributed by atoms with Gasteiger partial charge >= 0.3 is 0 Å². The monoisotopic (exact) mass is 329 g/mol. The molecule has 2 heterocycles. The molecule has 0 bridgehead atoms. The number of aromatic nitrogens is 4. The molecule has 0 radical (unpaired) electrons. The Labute approximate surface area is 137 Å². The maximum Gasteiger partial charge on any atom is 0.207 e. The molecule has 0 aliphatic rings. The Bertz CT molecular complexity index is 884. The summed E-state index contributed by atoms with van der Waals surface area (Å²) < 4.78 is 3.64. The Balaban J connectivity index is 1.70. The van der Waals surface area contributed by atoms with Gasteiger partial charge in [0.25, 0.3) is 0 Å². The van der Waals surface area contributed by atoms with Crippen molar-refractivity contribution in [2.75, 3.05) is 5.43 Å². The average molecular weight is 329 g/mol. The Morgan fingerprint density at radius 3 is 2.65 bits per heavy atom. The van der Waals surface area contributed by atoms with Crippen molar-refractivity contribution in [1.82, 2.24) is 14.6 Å². The van der Waals surface area contributed by atoms with Crippen molar-refractivity contribution in [3.05, 3.63) is 52.5 Å². The quantitative estimate of drug-likeness (QED) is 0.451. The maximum atomic E-state index is 4.33. The largest absolute Gasteiger partial charge is 0.325 e. The van der Waals surface area contributed by atoms with Gasteiger partial charge in [0.1, 0.15) is 12.3 Å². The molecule has 0 aliphatic carbocycles. The number of anilines is 1. The first kappa shape index (κ1) is 15.1. The van der Waals surface area contributed by atoms with E-state index in [1.165, 1.54) is 4.79 Å². The highest BCUT2D eigenvalue weighted by molar-refractivity contribution is 7.07. The number of benzene rings is 1. The lowest BCUT2D eigenvalue weighted by atomic mass is 10.3. The van der Waals surface area contributed by atoms with Crippen LogP contribution in [0.25, 0.3) is 0 Å². The van der Waals surface area contributed by atoms with E-state index in [1.807, 2.05) is 67.6 Å². The van der Waals surface area contributed by atoms with E-state index in [2.05, 4.69) is 26.1 Å². The molecule has 0 saturated carbocycles. The molecule has 3 aromatic rings. The second-order valence-corrected chi connectivity index (χ2v) is 5.85. The van der Waals surface area contributed by atoms with E-state index in [-0.39, 0.29) is 0 Å². The molecular formula is C14H17N8S+. The van der Waals surface area contributed by atoms with Crippen LogP contribution in [-0.2, 0) is 14.1 Å². The average Bonchev–Trinajstić information content (AvgIpc) is 3.09. The molecule has 118 valence electrons. The zero-order chi connectivity index (χ0) is 16.2. The van der Waals surface area contributed by atoms with Crippen LogP contribution in [0, 0.1) is 6.92 Å². The van der Waals surface area contributed by atoms with Gasteiger partial charge in [0, 0.05) is 30.3 Å². The van der Waals surface area contributed by atoms with Gasteiger partial charge in [-0.3, -0.25) is 5.43 Å². The van der Waals surface area contributed by atoms with Gasteiger partial charge in [-0.2, -0.15) is 0 Å². The molecule has 0 saturated heterocycles. The zero-order valence-corrected chi connectivity index (χ0v) is 13.9. The Morgan fingerprint density at radius 2 is 2.04 bits per heavy atom. The Morgan fingerprint density at radius 1 is 1.26 bits per heavy atom. The smallest absolute Gasteiger partial charge is 0.207 e. The van der Waals surface area contributed by atoms with E-state index in [1.54, 1.807) is 16.0 Å². The summed E-state index contributed by atoms with van der Waals surface area (Å²) in [6, 6.07) is 7.55. The topological polar surface area (TPSA) is 75.7 Å². The predicted octanol–water partition coefficient (Wildman–Crippen LogP) is 1.89. The number of nitrogens with zero attached hydrogens (tertiary/aromatic N) is 7. The molecule has 0 spiro atoms. The highest BCUT2D eigenvalue weighted by atomic mass is 32.1. The molecule has 1 N–H and O–H groups in total. The van der Waals surface area contributed by atoms with Gasteiger partial charge in [-0.05, 0) is 24.3 Å². The summed E-state index contributed by atoms with van der Waals surface area (Å²) in [5.41, 5.74) is 5.57. The van der Waals surface area contributed by atoms with Crippen LogP contribution in [0.5, 0.6) is 0 Å². The number of hydrogen-bond acceptors (Lipinski definition) is 6. The Hall–Kier alpha value is -2.81. The fraction of sp³-hybridized carbons (Fsp3) is 0.214. The molecule has 9 heteroatoms. The van der Waals surface area contributed by atoms with Crippen LogP contribution in [0.1, 0.15) is 5.69 Å². The molecule has 3 rings (SSSR count). The lowest BCUT2D eigenvalue weighted by Crippen LogP contribution is -2.29. The number of hydrogen-bond donors (Lipinski definition) is 1. The van der Waals surface area contributed by atoms with Crippen molar-refractivity contribution in [2.45, 2.75) is 6.92 Å². The number of nitrogens with one attached hydrogen (secondary N) is 1. The molecule has 0 atom stereocenters. The predicted molar refractivity (Wildman–Crippen MR) is 87.0 cm³/mol. The van der Waals surface area contributed by atoms with Gasteiger partial charge in [-0.25, -0.2) is 0 Å². The van der Waals surface area contributed by atoms with Crippen LogP contribution >= 0.6 is 11.3 Å². The van der Waals surface area contributed by atoms with Crippen LogP contribution in [-0.4, -0.2) is 14.6 Å². The van der Waals surface area contributed by atoms with Gasteiger partial charge < -0.3 is 4.57 Å². The fourth-order valence-corrected chi connectivity index (χ4v) is 2.57. The number of aryl methyl sites for hydroxylation is 3. The van der Waals surface area contributed by atoms with Gasteiger partial charge in [0.05, 0.1) is 16.6 Å². The number of rotatable bonds is 4. The van der Waals surface area contributed by atoms with Crippen molar-refractivity contribution >= 4 is 22.7 Å². The van der Waals surface area contributed by atoms with Crippen LogP contribution in [0.2, 0.25) is 0 Å². The van der Waals surface area contributed by atoms with E-state index in [9.17, 15) is 0 Å². The SMILES string of the molecule is Cc1c[n+](C)nn1N=Nc1ccc(NN=c2sccn2C)cc1. The summed E-state index contributed by atoms with van der Waals surface area (Å²) in [6.45, 7) is 1.92. The minimum absolute atomic E-state index is 0.745. The van der Waals surface area contributed by atoms with Crippen molar-refractivity contribution in [2.24, 2.45) is 29.5 Å². The van der Waals surface area contributed by atoms with Gasteiger partial charge in [-0.15, -0.1) is 26.2 Å². The van der Waals surface area contributed by atoms with Crippen molar-refractivity contribution < 1.29 is 4.68 Å². The first-order valence-electron chi connectivity index (χ1n) is 6.96. The molecule has 8 nitrogen and oxygen atoms in total. The zero-order valence-electron chi connectivity index (χ0n) is 13.1. The van der Waals surface area contributed by atoms with E-state index in [4.69, 9.17) is 0 Å². The highest BCUT2D eigenvalue weighted by Gasteiger charge is 2.07. The molecule has 23 heavy (non-hydrogen) atoms. The minimum Gasteiger partial charge on any atom is -0.325 e. The summed E-state index contributed by atoms with van der Waals surface area (Å²) in [4.78, 5) is 2.38. The third kappa shape index (κ3) is 3.69. The first-order chi connectivity index (χ1) is 11.1. The molecular weight excluding hydrogens is 312 g/mol. The lowest BCUT2D eigenvalue weighted by molar-refractivity contribution is -0.732. The summed E-state index contributed by atoms with van der Waals surface area (Å²) in [5.74, 6) is 0. The summed E-state index contributed by atoms with van der Waals surface area (Å²) in [7, 11) is 3.80. The van der Waals surface area contributed by atoms with Crippen molar-refractivity contribution in [3.8, 4) is 0 Å². The van der Waals surface area contributed by atoms with E-state index >= 15 is 0 Å². The molecule has 0 unspecified atom stereocenters. The fourth-order valence-electron chi connectivity index (χ4n) is 1.88. The lowest BCUT2D eigenvalue weighted by Gasteiger charge is -1.99. The van der Waals surface area contributed by atoms with Crippen molar-refractivity contribution in [1.29, 1.82) is 0 Å². The normalized spacial score (nSPS) is 12.2. The molecule has 0 aliphatic heterocycles. The minimum atomic E-state index is 0.745. The maximum absolute atomic E-state index is 4.33. The van der Waals surface area contributed by atoms with E-state index in [0.29, 0.717) is 0 Å². The van der Waals surface area contributed by atoms with Crippen LogP contribution in [0.3, 0.4) is 0 Å². The first-order valence-corrected chi connectivity index (χ1v) is 7.84. The van der Waals surface area contributed by atoms with Gasteiger partial charge in [-0.1, -0.05) is 0 Å². The van der Waals surface area contributed by atoms with Gasteiger partial charge in [0.2, 0.25) is 4.80 Å². The number of thiazole rings is 1. The second kappa shape index (κ2) is 6.53. The molecule has 2 aromatic heterocycles. The summed E-state index contributed by atoms with van der Waals surface area (Å²) in [5, 5.41) is 18.7. The van der Waals surface area contributed by atoms with E-state index < -0.39 is 0 Å². The summed E-state index contributed by atoms with van der Waals surface area (Å²) in [6.07, 6.45) is 3.84. The van der Waals surface area contributed by atoms with Gasteiger partial charge in [0.15, 0.2) is 11.9 Å². The van der Waals surface area contributed by atoms with Crippen LogP contribution < -0.4 is 14.9 Å². The van der Waals surface area contributed by atoms with E-state index in [0.717, 1.165) is 21.9 Å². The Kier molecular flexibility index (Phi) is 4.29. The third-order valence-corrected chi connectivity index (χ3v) is 3.92. The van der Waals surface area contributed by atoms with Crippen molar-refractivity contribution in [3.63, 3.8) is 0 Å². The summed E-state index contributed by atoms with van der Waals surface area (Å²) >= 11 is 1.57. The third-order valence-electron chi connectivity index (χ3n) is 3.07.